The van der Waals surface area contributed by atoms with Crippen LogP contribution in [0.1, 0.15) is 72.1 Å². The first-order valence-corrected chi connectivity index (χ1v) is 17.4. The van der Waals surface area contributed by atoms with Gasteiger partial charge in [-0.2, -0.15) is 0 Å². The molecule has 2 aromatic heterocycles. The Morgan fingerprint density at radius 1 is 1.00 bits per heavy atom. The lowest BCUT2D eigenvalue weighted by molar-refractivity contribution is 0.102. The van der Waals surface area contributed by atoms with Crippen molar-refractivity contribution in [2.24, 2.45) is 7.05 Å². The fraction of sp³-hybridized carbons (Fsp3) is 0.447. The highest BCUT2D eigenvalue weighted by Gasteiger charge is 2.29. The topological polar surface area (TPSA) is 87.6 Å². The second-order valence-corrected chi connectivity index (χ2v) is 13.1. The number of ether oxygens (including phenoxy) is 1. The van der Waals surface area contributed by atoms with E-state index in [-0.39, 0.29) is 5.91 Å². The van der Waals surface area contributed by atoms with Crippen LogP contribution in [0, 0.1) is 0 Å². The van der Waals surface area contributed by atoms with E-state index in [9.17, 15) is 4.79 Å². The summed E-state index contributed by atoms with van der Waals surface area (Å²) in [5.74, 6) is 1.20. The molecular weight excluding hydrogens is 586 g/mol. The van der Waals surface area contributed by atoms with Gasteiger partial charge in [-0.3, -0.25) is 4.79 Å². The van der Waals surface area contributed by atoms with Gasteiger partial charge in [-0.25, -0.2) is 9.97 Å². The van der Waals surface area contributed by atoms with E-state index in [0.717, 1.165) is 95.6 Å². The van der Waals surface area contributed by atoms with Crippen LogP contribution in [0.15, 0.2) is 48.8 Å². The van der Waals surface area contributed by atoms with Crippen LogP contribution in [0.25, 0.3) is 11.4 Å². The Labute approximate surface area is 278 Å². The third kappa shape index (κ3) is 6.09. The number of anilines is 4. The Morgan fingerprint density at radius 3 is 2.45 bits per heavy atom. The zero-order chi connectivity index (χ0) is 32.5. The lowest BCUT2D eigenvalue weighted by Crippen LogP contribution is -2.43. The average molecular weight is 634 g/mol. The van der Waals surface area contributed by atoms with E-state index in [1.165, 1.54) is 44.5 Å². The predicted octanol–water partition coefficient (Wildman–Crippen LogP) is 6.77. The van der Waals surface area contributed by atoms with Crippen LogP contribution in [-0.4, -0.2) is 64.7 Å². The number of amides is 1. The van der Waals surface area contributed by atoms with Crippen molar-refractivity contribution in [2.45, 2.75) is 71.3 Å². The molecule has 3 aliphatic rings. The minimum atomic E-state index is -0.0709. The molecule has 4 heterocycles. The fourth-order valence-electron chi connectivity index (χ4n) is 7.83. The zero-order valence-corrected chi connectivity index (χ0v) is 28.2. The van der Waals surface area contributed by atoms with E-state index < -0.39 is 0 Å². The van der Waals surface area contributed by atoms with Crippen molar-refractivity contribution in [3.05, 3.63) is 76.6 Å². The fourth-order valence-corrected chi connectivity index (χ4v) is 7.83. The highest BCUT2D eigenvalue weighted by Crippen LogP contribution is 2.38. The van der Waals surface area contributed by atoms with E-state index in [1.807, 2.05) is 24.0 Å². The monoisotopic (exact) mass is 633 g/mol. The molecule has 0 bridgehead atoms. The third-order valence-corrected chi connectivity index (χ3v) is 10.4. The Morgan fingerprint density at radius 2 is 1.74 bits per heavy atom. The van der Waals surface area contributed by atoms with Crippen molar-refractivity contribution in [3.63, 3.8) is 0 Å². The highest BCUT2D eigenvalue weighted by molar-refractivity contribution is 6.07. The number of para-hydroxylation sites is 1. The number of methoxy groups -OCH3 is 1. The number of nitrogens with one attached hydrogen (secondary N) is 2. The summed E-state index contributed by atoms with van der Waals surface area (Å²) in [6, 6.07) is 13.3. The molecule has 9 heteroatoms. The summed E-state index contributed by atoms with van der Waals surface area (Å²) < 4.78 is 7.88. The van der Waals surface area contributed by atoms with Crippen LogP contribution in [0.4, 0.5) is 23.0 Å². The summed E-state index contributed by atoms with van der Waals surface area (Å²) in [5, 5.41) is 6.69. The third-order valence-electron chi connectivity index (χ3n) is 10.4. The molecule has 9 nitrogen and oxygen atoms in total. The Bertz CT molecular complexity index is 1740. The average Bonchev–Trinajstić information content (AvgIpc) is 3.77. The predicted molar refractivity (Wildman–Crippen MR) is 189 cm³/mol. The van der Waals surface area contributed by atoms with Gasteiger partial charge in [0.05, 0.1) is 29.7 Å². The highest BCUT2D eigenvalue weighted by atomic mass is 16.5. The molecule has 2 saturated heterocycles. The molecule has 47 heavy (non-hydrogen) atoms. The largest absolute Gasteiger partial charge is 0.494 e. The molecule has 0 atom stereocenters. The number of carbonyl (C=O) groups excluding carboxylic acids is 1. The molecule has 246 valence electrons. The van der Waals surface area contributed by atoms with Gasteiger partial charge in [0.1, 0.15) is 5.75 Å². The second-order valence-electron chi connectivity index (χ2n) is 13.1. The van der Waals surface area contributed by atoms with Gasteiger partial charge in [0.15, 0.2) is 0 Å². The van der Waals surface area contributed by atoms with E-state index in [4.69, 9.17) is 9.72 Å². The van der Waals surface area contributed by atoms with Crippen molar-refractivity contribution in [1.82, 2.24) is 19.4 Å². The maximum atomic E-state index is 13.8. The first kappa shape index (κ1) is 31.2. The number of piperidine rings is 1. The maximum Gasteiger partial charge on any atom is 0.257 e. The van der Waals surface area contributed by atoms with Crippen LogP contribution < -0.4 is 20.3 Å². The van der Waals surface area contributed by atoms with Gasteiger partial charge in [0.25, 0.3) is 5.91 Å². The van der Waals surface area contributed by atoms with E-state index in [1.54, 1.807) is 7.11 Å². The van der Waals surface area contributed by atoms with Crippen molar-refractivity contribution >= 4 is 28.9 Å². The Kier molecular flexibility index (Phi) is 8.90. The van der Waals surface area contributed by atoms with Gasteiger partial charge in [-0.05, 0) is 98.8 Å². The molecule has 7 rings (SSSR count). The molecule has 0 saturated carbocycles. The van der Waals surface area contributed by atoms with Gasteiger partial charge in [-0.15, -0.1) is 0 Å². The molecule has 2 N–H and O–H groups in total. The molecule has 0 spiro atoms. The Hall–Kier alpha value is -4.37. The number of nitrogens with zero attached hydrogens (tertiary/aromatic N) is 5. The van der Waals surface area contributed by atoms with Crippen LogP contribution in [0.5, 0.6) is 5.75 Å². The van der Waals surface area contributed by atoms with E-state index >= 15 is 0 Å². The van der Waals surface area contributed by atoms with Crippen LogP contribution in [-0.2, 0) is 32.7 Å². The number of hydrogen-bond acceptors (Lipinski definition) is 7. The zero-order valence-electron chi connectivity index (χ0n) is 28.2. The quantitative estimate of drug-likeness (QED) is 0.210. The smallest absolute Gasteiger partial charge is 0.257 e. The van der Waals surface area contributed by atoms with Gasteiger partial charge in [0, 0.05) is 56.0 Å². The number of likely N-dealkylation sites (tertiary alicyclic amines) is 1. The minimum absolute atomic E-state index is 0.0709. The molecule has 2 fully saturated rings. The number of aromatic nitrogens is 3. The number of rotatable bonds is 9. The molecule has 2 aromatic carbocycles. The van der Waals surface area contributed by atoms with Crippen molar-refractivity contribution in [1.29, 1.82) is 0 Å². The number of fused-ring (bicyclic) bond motifs is 3. The van der Waals surface area contributed by atoms with Gasteiger partial charge >= 0.3 is 0 Å². The molecule has 0 unspecified atom stereocenters. The summed E-state index contributed by atoms with van der Waals surface area (Å²) in [7, 11) is 3.70. The van der Waals surface area contributed by atoms with Crippen LogP contribution in [0.3, 0.4) is 0 Å². The lowest BCUT2D eigenvalue weighted by atomic mass is 9.92. The van der Waals surface area contributed by atoms with Crippen LogP contribution >= 0.6 is 0 Å². The summed E-state index contributed by atoms with van der Waals surface area (Å²) >= 11 is 0. The second kappa shape index (κ2) is 13.4. The molecule has 2 aliphatic heterocycles. The van der Waals surface area contributed by atoms with Gasteiger partial charge < -0.3 is 29.7 Å². The van der Waals surface area contributed by atoms with Crippen LogP contribution in [0.2, 0.25) is 0 Å². The number of aryl methyl sites for hydroxylation is 4. The SMILES string of the molecule is CCc1cccc(CC)c1NC(=O)c1cn(C)c2c1CCc1cnc(Nc3ccc(N4CCC(N5CCCC5)CC4)cc3OC)nc1-2. The lowest BCUT2D eigenvalue weighted by Gasteiger charge is -2.38. The normalized spacial score (nSPS) is 16.6. The molecule has 0 radical (unpaired) electrons. The number of benzene rings is 2. The first-order chi connectivity index (χ1) is 23.0. The molecule has 1 aliphatic carbocycles. The summed E-state index contributed by atoms with van der Waals surface area (Å²) in [6.45, 7) is 8.90. The summed E-state index contributed by atoms with van der Waals surface area (Å²) in [6.07, 6.45) is 12.2. The molecule has 4 aromatic rings. The van der Waals surface area contributed by atoms with E-state index in [0.29, 0.717) is 11.5 Å². The minimum Gasteiger partial charge on any atom is -0.494 e. The van der Waals surface area contributed by atoms with Crippen molar-refractivity contribution in [2.75, 3.05) is 48.8 Å². The maximum absolute atomic E-state index is 13.8. The standard InChI is InChI=1S/C38H47N7O2/c1-5-25-10-9-11-26(6-2)34(25)41-37(46)31-24-43(3)36-30(31)14-12-27-23-39-38(42-35(27)36)40-32-15-13-29(22-33(32)47-4)45-20-16-28(17-21-45)44-18-7-8-19-44/h9-11,13,15,22-24,28H,5-8,12,14,16-21H2,1-4H3,(H,41,46)(H,39,40,42). The molecular formula is C38H47N7O2. The first-order valence-electron chi connectivity index (χ1n) is 17.4. The number of carbonyl (C=O) groups is 1. The molecule has 1 amide bonds. The number of hydrogen-bond donors (Lipinski definition) is 2. The van der Waals surface area contributed by atoms with Crippen molar-refractivity contribution in [3.8, 4) is 17.1 Å². The summed E-state index contributed by atoms with van der Waals surface area (Å²) in [5.41, 5.74) is 9.92. The van der Waals surface area contributed by atoms with Crippen molar-refractivity contribution < 1.29 is 9.53 Å². The van der Waals surface area contributed by atoms with Gasteiger partial charge in [-0.1, -0.05) is 32.0 Å². The Balaban J connectivity index is 1.10. The van der Waals surface area contributed by atoms with Gasteiger partial charge in [0.2, 0.25) is 5.95 Å². The van der Waals surface area contributed by atoms with E-state index in [2.05, 4.69) is 75.7 Å². The summed E-state index contributed by atoms with van der Waals surface area (Å²) in [4.78, 5) is 28.6.